The number of alkyl halides is 3. The third kappa shape index (κ3) is 1.64. The van der Waals surface area contributed by atoms with Crippen LogP contribution in [0.2, 0.25) is 0 Å². The molecule has 2 nitrogen and oxygen atoms in total. The number of rotatable bonds is 2. The third-order valence-corrected chi connectivity index (χ3v) is 2.92. The maximum Gasteiger partial charge on any atom is 0.413 e. The van der Waals surface area contributed by atoms with E-state index in [1.54, 1.807) is 13.0 Å². The van der Waals surface area contributed by atoms with Gasteiger partial charge in [0.05, 0.1) is 17.8 Å². The molecule has 0 saturated carbocycles. The van der Waals surface area contributed by atoms with Crippen LogP contribution in [0.5, 0.6) is 0 Å². The Bertz CT molecular complexity index is 379. The molecule has 5 heteroatoms. The summed E-state index contributed by atoms with van der Waals surface area (Å²) >= 11 is 0. The van der Waals surface area contributed by atoms with Gasteiger partial charge in [-0.25, -0.2) is 4.79 Å². The average molecular weight is 232 g/mol. The van der Waals surface area contributed by atoms with Crippen molar-refractivity contribution in [1.29, 1.82) is 0 Å². The lowest BCUT2D eigenvalue weighted by Crippen LogP contribution is -2.22. The summed E-state index contributed by atoms with van der Waals surface area (Å²) in [5.74, 6) is -1.91. The average Bonchev–Trinajstić information content (AvgIpc) is 2.74. The topological polar surface area (TPSA) is 26.3 Å². The summed E-state index contributed by atoms with van der Waals surface area (Å²) in [6.07, 6.45) is -0.905. The molecule has 16 heavy (non-hydrogen) atoms. The zero-order valence-electron chi connectivity index (χ0n) is 8.67. The molecule has 2 aliphatic rings. The lowest BCUT2D eigenvalue weighted by atomic mass is 9.96. The van der Waals surface area contributed by atoms with E-state index < -0.39 is 29.6 Å². The second-order valence-corrected chi connectivity index (χ2v) is 3.88. The van der Waals surface area contributed by atoms with Gasteiger partial charge in [-0.2, -0.15) is 13.2 Å². The molecule has 2 atom stereocenters. The Morgan fingerprint density at radius 2 is 2.06 bits per heavy atom. The Morgan fingerprint density at radius 3 is 2.62 bits per heavy atom. The van der Waals surface area contributed by atoms with Crippen molar-refractivity contribution in [3.8, 4) is 0 Å². The summed E-state index contributed by atoms with van der Waals surface area (Å²) in [4.78, 5) is 11.5. The SMILES string of the molecule is CCOC(=O)C1=C(C(F)(F)F)[C@H]2C=C[C@@H]1C2. The summed E-state index contributed by atoms with van der Waals surface area (Å²) in [6, 6.07) is 0. The monoisotopic (exact) mass is 232 g/mol. The van der Waals surface area contributed by atoms with Gasteiger partial charge in [0, 0.05) is 11.8 Å². The van der Waals surface area contributed by atoms with Gasteiger partial charge in [0.2, 0.25) is 0 Å². The first-order valence-corrected chi connectivity index (χ1v) is 5.11. The second kappa shape index (κ2) is 3.64. The van der Waals surface area contributed by atoms with Crippen molar-refractivity contribution in [2.24, 2.45) is 11.8 Å². The van der Waals surface area contributed by atoms with Gasteiger partial charge in [0.15, 0.2) is 0 Å². The number of allylic oxidation sites excluding steroid dienone is 3. The number of halogens is 3. The quantitative estimate of drug-likeness (QED) is 0.540. The third-order valence-electron chi connectivity index (χ3n) is 2.92. The molecule has 0 N–H and O–H groups in total. The van der Waals surface area contributed by atoms with Crippen LogP contribution >= 0.6 is 0 Å². The number of ether oxygens (including phenoxy) is 1. The van der Waals surface area contributed by atoms with Gasteiger partial charge in [-0.1, -0.05) is 12.2 Å². The van der Waals surface area contributed by atoms with Gasteiger partial charge >= 0.3 is 12.1 Å². The normalized spacial score (nSPS) is 27.8. The Labute approximate surface area is 90.8 Å². The number of hydrogen-bond acceptors (Lipinski definition) is 2. The molecule has 0 spiro atoms. The minimum atomic E-state index is -4.44. The van der Waals surface area contributed by atoms with Gasteiger partial charge in [-0.3, -0.25) is 0 Å². The predicted octanol–water partition coefficient (Wildman–Crippen LogP) is 2.61. The van der Waals surface area contributed by atoms with Crippen LogP contribution in [0.25, 0.3) is 0 Å². The number of hydrogen-bond donors (Lipinski definition) is 0. The van der Waals surface area contributed by atoms with E-state index in [9.17, 15) is 18.0 Å². The van der Waals surface area contributed by atoms with E-state index in [2.05, 4.69) is 4.74 Å². The summed E-state index contributed by atoms with van der Waals surface area (Å²) in [7, 11) is 0. The van der Waals surface area contributed by atoms with E-state index in [-0.39, 0.29) is 12.2 Å². The molecule has 88 valence electrons. The van der Waals surface area contributed by atoms with Gasteiger partial charge in [0.1, 0.15) is 0 Å². The molecule has 2 aliphatic carbocycles. The largest absolute Gasteiger partial charge is 0.463 e. The number of carbonyl (C=O) groups excluding carboxylic acids is 1. The number of esters is 1. The number of fused-ring (bicyclic) bond motifs is 2. The molecule has 2 bridgehead atoms. The highest BCUT2D eigenvalue weighted by Crippen LogP contribution is 2.50. The first-order chi connectivity index (χ1) is 7.45. The van der Waals surface area contributed by atoms with Crippen molar-refractivity contribution in [1.82, 2.24) is 0 Å². The molecule has 2 rings (SSSR count). The Morgan fingerprint density at radius 1 is 1.44 bits per heavy atom. The second-order valence-electron chi connectivity index (χ2n) is 3.88. The molecule has 0 radical (unpaired) electrons. The summed E-state index contributed by atoms with van der Waals surface area (Å²) < 4.78 is 43.0. The van der Waals surface area contributed by atoms with Crippen LogP contribution in [0.15, 0.2) is 23.3 Å². The van der Waals surface area contributed by atoms with E-state index in [4.69, 9.17) is 0 Å². The van der Waals surface area contributed by atoms with E-state index >= 15 is 0 Å². The molecule has 0 aromatic carbocycles. The molecule has 0 aromatic heterocycles. The van der Waals surface area contributed by atoms with Crippen molar-refractivity contribution in [3.05, 3.63) is 23.3 Å². The Hall–Kier alpha value is -1.26. The van der Waals surface area contributed by atoms with Crippen LogP contribution in [-0.4, -0.2) is 18.8 Å². The van der Waals surface area contributed by atoms with Gasteiger partial charge in [-0.05, 0) is 13.3 Å². The maximum absolute atomic E-state index is 12.8. The lowest BCUT2D eigenvalue weighted by Gasteiger charge is -2.17. The fourth-order valence-corrected chi connectivity index (χ4v) is 2.36. The first kappa shape index (κ1) is 11.2. The smallest absolute Gasteiger partial charge is 0.413 e. The van der Waals surface area contributed by atoms with Crippen LogP contribution < -0.4 is 0 Å². The minimum Gasteiger partial charge on any atom is -0.463 e. The van der Waals surface area contributed by atoms with Crippen LogP contribution in [0.1, 0.15) is 13.3 Å². The first-order valence-electron chi connectivity index (χ1n) is 5.11. The summed E-state index contributed by atoms with van der Waals surface area (Å²) in [6.45, 7) is 1.67. The van der Waals surface area contributed by atoms with E-state index in [0.717, 1.165) is 0 Å². The fourth-order valence-electron chi connectivity index (χ4n) is 2.36. The van der Waals surface area contributed by atoms with Crippen molar-refractivity contribution in [3.63, 3.8) is 0 Å². The maximum atomic E-state index is 12.8. The van der Waals surface area contributed by atoms with Gasteiger partial charge < -0.3 is 4.74 Å². The summed E-state index contributed by atoms with van der Waals surface area (Å²) in [5, 5.41) is 0. The van der Waals surface area contributed by atoms with Gasteiger partial charge in [0.25, 0.3) is 0 Å². The number of carbonyl (C=O) groups is 1. The highest BCUT2D eigenvalue weighted by molar-refractivity contribution is 5.92. The standard InChI is InChI=1S/C11H11F3O2/c1-2-16-10(15)8-6-3-4-7(5-6)9(8)11(12,13)14/h3-4,6-7H,2,5H2,1H3/t6-,7+/m1/s1. The Balaban J connectivity index is 2.37. The zero-order valence-corrected chi connectivity index (χ0v) is 8.67. The molecule has 0 unspecified atom stereocenters. The molecule has 0 saturated heterocycles. The molecule has 0 aromatic rings. The lowest BCUT2D eigenvalue weighted by molar-refractivity contribution is -0.140. The zero-order chi connectivity index (χ0) is 11.9. The van der Waals surface area contributed by atoms with Crippen LogP contribution in [0.3, 0.4) is 0 Å². The van der Waals surface area contributed by atoms with E-state index in [1.165, 1.54) is 6.08 Å². The molecule has 0 aliphatic heterocycles. The van der Waals surface area contributed by atoms with E-state index in [0.29, 0.717) is 6.42 Å². The highest BCUT2D eigenvalue weighted by Gasteiger charge is 2.50. The van der Waals surface area contributed by atoms with Crippen molar-refractivity contribution in [2.45, 2.75) is 19.5 Å². The van der Waals surface area contributed by atoms with Crippen LogP contribution in [0.4, 0.5) is 13.2 Å². The Kier molecular flexibility index (Phi) is 2.56. The predicted molar refractivity (Wildman–Crippen MR) is 50.5 cm³/mol. The molecule has 0 fully saturated rings. The molecule has 0 heterocycles. The molecular formula is C11H11F3O2. The van der Waals surface area contributed by atoms with Gasteiger partial charge in [-0.15, -0.1) is 0 Å². The fraction of sp³-hybridized carbons (Fsp3) is 0.545. The van der Waals surface area contributed by atoms with Crippen molar-refractivity contribution < 1.29 is 22.7 Å². The van der Waals surface area contributed by atoms with E-state index in [1.807, 2.05) is 0 Å². The highest BCUT2D eigenvalue weighted by atomic mass is 19.4. The van der Waals surface area contributed by atoms with Crippen LogP contribution in [-0.2, 0) is 9.53 Å². The summed E-state index contributed by atoms with van der Waals surface area (Å²) in [5.41, 5.74) is -0.902. The molecular weight excluding hydrogens is 221 g/mol. The minimum absolute atomic E-state index is 0.0918. The van der Waals surface area contributed by atoms with Crippen LogP contribution in [0, 0.1) is 11.8 Å². The van der Waals surface area contributed by atoms with Crippen molar-refractivity contribution in [2.75, 3.05) is 6.61 Å². The van der Waals surface area contributed by atoms with Crippen molar-refractivity contribution >= 4 is 5.97 Å². The molecule has 0 amide bonds.